The van der Waals surface area contributed by atoms with Gasteiger partial charge in [-0.15, -0.1) is 0 Å². The first-order valence-electron chi connectivity index (χ1n) is 11.2. The molecule has 4 heteroatoms. The van der Waals surface area contributed by atoms with Crippen molar-refractivity contribution in [3.63, 3.8) is 0 Å². The van der Waals surface area contributed by atoms with Gasteiger partial charge in [-0.1, -0.05) is 96.8 Å². The van der Waals surface area contributed by atoms with E-state index < -0.39 is 0 Å². The van der Waals surface area contributed by atoms with E-state index >= 15 is 0 Å². The molecule has 1 N–H and O–H groups in total. The molecule has 0 spiro atoms. The van der Waals surface area contributed by atoms with Crippen LogP contribution in [0.25, 0.3) is 0 Å². The molecular formula is C23H40N2O2. The van der Waals surface area contributed by atoms with Gasteiger partial charge in [0.15, 0.2) is 0 Å². The molecule has 0 aliphatic heterocycles. The largest absolute Gasteiger partial charge is 0.463 e. The molecule has 1 aromatic heterocycles. The SMILES string of the molecule is CCCCCCCCCCCCCCCCCC(=O)NN=Cc1ccco1. The maximum atomic E-state index is 11.6. The molecule has 0 aliphatic rings. The van der Waals surface area contributed by atoms with Gasteiger partial charge in [-0.2, -0.15) is 5.10 Å². The minimum Gasteiger partial charge on any atom is -0.463 e. The fraction of sp³-hybridized carbons (Fsp3) is 0.739. The summed E-state index contributed by atoms with van der Waals surface area (Å²) in [5, 5.41) is 3.88. The summed E-state index contributed by atoms with van der Waals surface area (Å²) >= 11 is 0. The molecule has 0 aromatic carbocycles. The third-order valence-corrected chi connectivity index (χ3v) is 4.93. The van der Waals surface area contributed by atoms with Gasteiger partial charge in [0.25, 0.3) is 0 Å². The van der Waals surface area contributed by atoms with Crippen LogP contribution in [0.3, 0.4) is 0 Å². The summed E-state index contributed by atoms with van der Waals surface area (Å²) < 4.78 is 5.11. The van der Waals surface area contributed by atoms with E-state index in [-0.39, 0.29) is 5.91 Å². The minimum atomic E-state index is -0.0208. The first kappa shape index (κ1) is 23.5. The Morgan fingerprint density at radius 2 is 1.41 bits per heavy atom. The molecule has 1 rings (SSSR count). The van der Waals surface area contributed by atoms with Crippen molar-refractivity contribution >= 4 is 12.1 Å². The summed E-state index contributed by atoms with van der Waals surface area (Å²) in [4.78, 5) is 11.6. The number of unbranched alkanes of at least 4 members (excludes halogenated alkanes) is 14. The van der Waals surface area contributed by atoms with E-state index in [4.69, 9.17) is 4.42 Å². The summed E-state index contributed by atoms with van der Waals surface area (Å²) in [6.07, 6.45) is 23.7. The normalized spacial score (nSPS) is 11.3. The Bertz CT molecular complexity index is 469. The maximum Gasteiger partial charge on any atom is 0.240 e. The number of hydrazone groups is 1. The van der Waals surface area contributed by atoms with Gasteiger partial charge in [0.1, 0.15) is 5.76 Å². The van der Waals surface area contributed by atoms with Crippen molar-refractivity contribution in [2.45, 2.75) is 110 Å². The minimum absolute atomic E-state index is 0.0208. The van der Waals surface area contributed by atoms with Crippen LogP contribution < -0.4 is 5.43 Å². The molecule has 0 saturated heterocycles. The Balaban J connectivity index is 1.76. The molecule has 0 atom stereocenters. The first-order chi connectivity index (χ1) is 13.3. The molecule has 0 saturated carbocycles. The zero-order valence-corrected chi connectivity index (χ0v) is 17.4. The van der Waals surface area contributed by atoms with Gasteiger partial charge in [-0.05, 0) is 18.6 Å². The zero-order chi connectivity index (χ0) is 19.4. The van der Waals surface area contributed by atoms with Gasteiger partial charge in [0.2, 0.25) is 5.91 Å². The standard InChI is InChI=1S/C23H40N2O2/c1-2-3-4-5-6-7-8-9-10-11-12-13-14-15-16-19-23(26)25-24-21-22-18-17-20-27-22/h17-18,20-21H,2-16,19H2,1H3,(H,25,26). The summed E-state index contributed by atoms with van der Waals surface area (Å²) in [5.41, 5.74) is 2.54. The van der Waals surface area contributed by atoms with E-state index in [0.29, 0.717) is 12.2 Å². The van der Waals surface area contributed by atoms with Crippen LogP contribution in [-0.2, 0) is 4.79 Å². The van der Waals surface area contributed by atoms with Crippen LogP contribution in [0, 0.1) is 0 Å². The van der Waals surface area contributed by atoms with Crippen LogP contribution in [0.5, 0.6) is 0 Å². The number of furan rings is 1. The predicted octanol–water partition coefficient (Wildman–Crippen LogP) is 6.99. The molecule has 0 bridgehead atoms. The first-order valence-corrected chi connectivity index (χ1v) is 11.2. The number of hydrogen-bond donors (Lipinski definition) is 1. The topological polar surface area (TPSA) is 54.6 Å². The van der Waals surface area contributed by atoms with E-state index in [2.05, 4.69) is 17.5 Å². The van der Waals surface area contributed by atoms with Crippen LogP contribution in [-0.4, -0.2) is 12.1 Å². The molecule has 154 valence electrons. The second kappa shape index (κ2) is 17.8. The maximum absolute atomic E-state index is 11.6. The fourth-order valence-electron chi connectivity index (χ4n) is 3.25. The van der Waals surface area contributed by atoms with Crippen LogP contribution in [0.15, 0.2) is 27.9 Å². The van der Waals surface area contributed by atoms with Crippen molar-refractivity contribution < 1.29 is 9.21 Å². The fourth-order valence-corrected chi connectivity index (χ4v) is 3.25. The highest BCUT2D eigenvalue weighted by Crippen LogP contribution is 2.13. The van der Waals surface area contributed by atoms with Gasteiger partial charge in [0, 0.05) is 6.42 Å². The quantitative estimate of drug-likeness (QED) is 0.170. The van der Waals surface area contributed by atoms with E-state index in [1.54, 1.807) is 18.4 Å². The number of carbonyl (C=O) groups is 1. The molecule has 1 aromatic rings. The van der Waals surface area contributed by atoms with Crippen LogP contribution in [0.1, 0.15) is 115 Å². The highest BCUT2D eigenvalue weighted by molar-refractivity contribution is 5.80. The highest BCUT2D eigenvalue weighted by atomic mass is 16.3. The van der Waals surface area contributed by atoms with Crippen molar-refractivity contribution in [3.8, 4) is 0 Å². The van der Waals surface area contributed by atoms with Gasteiger partial charge in [-0.25, -0.2) is 5.43 Å². The van der Waals surface area contributed by atoms with Crippen molar-refractivity contribution in [3.05, 3.63) is 24.2 Å². The highest BCUT2D eigenvalue weighted by Gasteiger charge is 2.00. The van der Waals surface area contributed by atoms with Crippen molar-refractivity contribution in [1.29, 1.82) is 0 Å². The number of nitrogens with one attached hydrogen (secondary N) is 1. The lowest BCUT2D eigenvalue weighted by Gasteiger charge is -2.03. The van der Waals surface area contributed by atoms with E-state index in [0.717, 1.165) is 12.8 Å². The van der Waals surface area contributed by atoms with Crippen molar-refractivity contribution in [2.75, 3.05) is 0 Å². The average Bonchev–Trinajstić information content (AvgIpc) is 3.18. The number of rotatable bonds is 18. The zero-order valence-electron chi connectivity index (χ0n) is 17.4. The van der Waals surface area contributed by atoms with E-state index in [1.807, 2.05) is 0 Å². The van der Waals surface area contributed by atoms with Gasteiger partial charge < -0.3 is 4.42 Å². The third kappa shape index (κ3) is 15.2. The van der Waals surface area contributed by atoms with E-state index in [9.17, 15) is 4.79 Å². The van der Waals surface area contributed by atoms with Crippen LogP contribution in [0.2, 0.25) is 0 Å². The summed E-state index contributed by atoms with van der Waals surface area (Å²) in [5.74, 6) is 0.620. The molecule has 27 heavy (non-hydrogen) atoms. The van der Waals surface area contributed by atoms with Crippen molar-refractivity contribution in [1.82, 2.24) is 5.43 Å². The second-order valence-corrected chi connectivity index (χ2v) is 7.51. The Hall–Kier alpha value is -1.58. The molecule has 0 radical (unpaired) electrons. The van der Waals surface area contributed by atoms with Crippen molar-refractivity contribution in [2.24, 2.45) is 5.10 Å². The molecule has 0 fully saturated rings. The number of hydrogen-bond acceptors (Lipinski definition) is 3. The lowest BCUT2D eigenvalue weighted by atomic mass is 10.0. The Labute approximate surface area is 166 Å². The summed E-state index contributed by atoms with van der Waals surface area (Å²) in [6, 6.07) is 3.59. The average molecular weight is 377 g/mol. The molecule has 1 heterocycles. The molecule has 4 nitrogen and oxygen atoms in total. The lowest BCUT2D eigenvalue weighted by molar-refractivity contribution is -0.121. The summed E-state index contributed by atoms with van der Waals surface area (Å²) in [6.45, 7) is 2.28. The number of nitrogens with zero attached hydrogens (tertiary/aromatic N) is 1. The van der Waals surface area contributed by atoms with Crippen LogP contribution in [0.4, 0.5) is 0 Å². The molecular weight excluding hydrogens is 336 g/mol. The predicted molar refractivity (Wildman–Crippen MR) is 114 cm³/mol. The van der Waals surface area contributed by atoms with Gasteiger partial charge in [0.05, 0.1) is 12.5 Å². The lowest BCUT2D eigenvalue weighted by Crippen LogP contribution is -2.16. The summed E-state index contributed by atoms with van der Waals surface area (Å²) in [7, 11) is 0. The molecule has 0 unspecified atom stereocenters. The third-order valence-electron chi connectivity index (χ3n) is 4.93. The molecule has 1 amide bonds. The number of amides is 1. The monoisotopic (exact) mass is 376 g/mol. The molecule has 0 aliphatic carbocycles. The Morgan fingerprint density at radius 1 is 0.889 bits per heavy atom. The van der Waals surface area contributed by atoms with Crippen LogP contribution >= 0.6 is 0 Å². The Kier molecular flexibility index (Phi) is 15.5. The van der Waals surface area contributed by atoms with Gasteiger partial charge >= 0.3 is 0 Å². The second-order valence-electron chi connectivity index (χ2n) is 7.51. The van der Waals surface area contributed by atoms with Gasteiger partial charge in [-0.3, -0.25) is 4.79 Å². The Morgan fingerprint density at radius 3 is 1.89 bits per heavy atom. The van der Waals surface area contributed by atoms with E-state index in [1.165, 1.54) is 89.7 Å². The smallest absolute Gasteiger partial charge is 0.240 e. The number of carbonyl (C=O) groups excluding carboxylic acids is 1.